The van der Waals surface area contributed by atoms with Crippen molar-refractivity contribution >= 4 is 23.3 Å². The number of nitrogens with zero attached hydrogens (tertiary/aromatic N) is 2. The molecule has 120 valence electrons. The van der Waals surface area contributed by atoms with Crippen LogP contribution in [0, 0.1) is 0 Å². The van der Waals surface area contributed by atoms with Crippen LogP contribution in [0.5, 0.6) is 0 Å². The van der Waals surface area contributed by atoms with Crippen molar-refractivity contribution in [3.63, 3.8) is 0 Å². The van der Waals surface area contributed by atoms with E-state index in [1.54, 1.807) is 49.4 Å². The summed E-state index contributed by atoms with van der Waals surface area (Å²) in [5.41, 5.74) is 2.34. The molecule has 0 saturated carbocycles. The summed E-state index contributed by atoms with van der Waals surface area (Å²) in [5, 5.41) is 8.43. The fraction of sp³-hybridized carbons (Fsp3) is 0.0556. The number of hydrogen-bond acceptors (Lipinski definition) is 5. The van der Waals surface area contributed by atoms with Crippen molar-refractivity contribution in [3.8, 4) is 11.3 Å². The highest BCUT2D eigenvalue weighted by molar-refractivity contribution is 6.30. The number of benzene rings is 2. The summed E-state index contributed by atoms with van der Waals surface area (Å²) in [4.78, 5) is 16.8. The monoisotopic (exact) mass is 340 g/mol. The first-order valence-corrected chi connectivity index (χ1v) is 7.55. The maximum Gasteiger partial charge on any atom is 0.365 e. The highest BCUT2D eigenvalue weighted by Crippen LogP contribution is 2.21. The largest absolute Gasteiger partial charge is 0.365 e. The lowest BCUT2D eigenvalue weighted by Crippen LogP contribution is -2.03. The first-order valence-electron chi connectivity index (χ1n) is 7.17. The van der Waals surface area contributed by atoms with Crippen molar-refractivity contribution in [2.45, 2.75) is 6.92 Å². The lowest BCUT2D eigenvalue weighted by atomic mass is 10.1. The van der Waals surface area contributed by atoms with Gasteiger partial charge in [0.2, 0.25) is 0 Å². The zero-order chi connectivity index (χ0) is 16.9. The van der Waals surface area contributed by atoms with Gasteiger partial charge in [-0.15, -0.1) is 0 Å². The van der Waals surface area contributed by atoms with Gasteiger partial charge in [0.15, 0.2) is 5.76 Å². The molecule has 0 unspecified atom stereocenters. The van der Waals surface area contributed by atoms with Crippen LogP contribution in [0.3, 0.4) is 0 Å². The summed E-state index contributed by atoms with van der Waals surface area (Å²) in [5.74, 6) is -0.117. The minimum Gasteiger partial charge on any atom is -0.354 e. The summed E-state index contributed by atoms with van der Waals surface area (Å²) in [6.07, 6.45) is 0. The molecule has 0 atom stereocenters. The standard InChI is InChI=1S/C18H13ClN2O3/c1-12(20-24-18(22)14-5-3-2-4-6-14)17-11-16(21-23-17)13-7-9-15(19)10-8-13/h2-11H,1H3/b20-12+. The molecular weight excluding hydrogens is 328 g/mol. The van der Waals surface area contributed by atoms with E-state index in [4.69, 9.17) is 21.0 Å². The molecule has 3 aromatic rings. The topological polar surface area (TPSA) is 64.7 Å². The van der Waals surface area contributed by atoms with Crippen LogP contribution in [0.2, 0.25) is 5.02 Å². The van der Waals surface area contributed by atoms with Crippen molar-refractivity contribution in [1.82, 2.24) is 5.16 Å². The zero-order valence-corrected chi connectivity index (χ0v) is 13.5. The summed E-state index contributed by atoms with van der Waals surface area (Å²) >= 11 is 5.86. The molecule has 0 N–H and O–H groups in total. The Hall–Kier alpha value is -2.92. The number of aromatic nitrogens is 1. The maximum atomic E-state index is 11.9. The summed E-state index contributed by atoms with van der Waals surface area (Å²) < 4.78 is 5.24. The molecule has 1 aromatic heterocycles. The van der Waals surface area contributed by atoms with E-state index < -0.39 is 5.97 Å². The molecular formula is C18H13ClN2O3. The van der Waals surface area contributed by atoms with Gasteiger partial charge in [0.25, 0.3) is 0 Å². The van der Waals surface area contributed by atoms with Gasteiger partial charge in [-0.3, -0.25) is 0 Å². The highest BCUT2D eigenvalue weighted by Gasteiger charge is 2.11. The number of carbonyl (C=O) groups excluding carboxylic acids is 1. The Morgan fingerprint density at radius 2 is 1.83 bits per heavy atom. The molecule has 3 rings (SSSR count). The van der Waals surface area contributed by atoms with Gasteiger partial charge >= 0.3 is 5.97 Å². The average Bonchev–Trinajstić information content (AvgIpc) is 3.11. The van der Waals surface area contributed by atoms with Crippen molar-refractivity contribution in [2.75, 3.05) is 0 Å². The third-order valence-electron chi connectivity index (χ3n) is 3.28. The Morgan fingerprint density at radius 3 is 2.54 bits per heavy atom. The van der Waals surface area contributed by atoms with E-state index in [2.05, 4.69) is 10.3 Å². The number of rotatable bonds is 4. The van der Waals surface area contributed by atoms with Gasteiger partial charge in [0, 0.05) is 16.7 Å². The molecule has 0 amide bonds. The van der Waals surface area contributed by atoms with E-state index in [-0.39, 0.29) is 0 Å². The Morgan fingerprint density at radius 1 is 1.12 bits per heavy atom. The molecule has 0 aliphatic rings. The minimum absolute atomic E-state index is 0.409. The van der Waals surface area contributed by atoms with Crippen LogP contribution in [0.25, 0.3) is 11.3 Å². The molecule has 0 bridgehead atoms. The second-order valence-electron chi connectivity index (χ2n) is 5.00. The Labute approximate surface area is 143 Å². The molecule has 0 saturated heterocycles. The van der Waals surface area contributed by atoms with Crippen LogP contribution in [0.15, 0.2) is 70.3 Å². The van der Waals surface area contributed by atoms with Crippen LogP contribution < -0.4 is 0 Å². The normalized spacial score (nSPS) is 11.3. The van der Waals surface area contributed by atoms with E-state index in [0.29, 0.717) is 27.8 Å². The van der Waals surface area contributed by atoms with Crippen LogP contribution >= 0.6 is 11.6 Å². The fourth-order valence-corrected chi connectivity index (χ4v) is 2.11. The van der Waals surface area contributed by atoms with Crippen LogP contribution in [0.1, 0.15) is 23.0 Å². The predicted octanol–water partition coefficient (Wildman–Crippen LogP) is 4.58. The number of hydrogen-bond donors (Lipinski definition) is 0. The van der Waals surface area contributed by atoms with Gasteiger partial charge in [-0.1, -0.05) is 52.2 Å². The van der Waals surface area contributed by atoms with Crippen molar-refractivity contribution in [1.29, 1.82) is 0 Å². The molecule has 0 fully saturated rings. The molecule has 0 aliphatic heterocycles. The van der Waals surface area contributed by atoms with Crippen molar-refractivity contribution in [2.24, 2.45) is 5.16 Å². The van der Waals surface area contributed by atoms with Crippen molar-refractivity contribution in [3.05, 3.63) is 77.0 Å². The van der Waals surface area contributed by atoms with Gasteiger partial charge in [0.05, 0.1) is 5.56 Å². The van der Waals surface area contributed by atoms with E-state index >= 15 is 0 Å². The van der Waals surface area contributed by atoms with Gasteiger partial charge in [-0.05, 0) is 31.2 Å². The molecule has 24 heavy (non-hydrogen) atoms. The van der Waals surface area contributed by atoms with Gasteiger partial charge in [0.1, 0.15) is 11.4 Å². The first-order chi connectivity index (χ1) is 11.6. The molecule has 0 radical (unpaired) electrons. The van der Waals surface area contributed by atoms with Crippen LogP contribution in [-0.4, -0.2) is 16.8 Å². The smallest absolute Gasteiger partial charge is 0.354 e. The Kier molecular flexibility index (Phi) is 4.72. The van der Waals surface area contributed by atoms with Gasteiger partial charge in [-0.25, -0.2) is 4.79 Å². The minimum atomic E-state index is -0.535. The maximum absolute atomic E-state index is 11.9. The zero-order valence-electron chi connectivity index (χ0n) is 12.8. The number of carbonyl (C=O) groups is 1. The summed E-state index contributed by atoms with van der Waals surface area (Å²) in [6.45, 7) is 1.67. The molecule has 0 spiro atoms. The summed E-state index contributed by atoms with van der Waals surface area (Å²) in [6, 6.07) is 17.6. The van der Waals surface area contributed by atoms with Gasteiger partial charge in [-0.2, -0.15) is 0 Å². The lowest BCUT2D eigenvalue weighted by Gasteiger charge is -1.98. The number of oxime groups is 1. The summed E-state index contributed by atoms with van der Waals surface area (Å²) in [7, 11) is 0. The van der Waals surface area contributed by atoms with Crippen LogP contribution in [-0.2, 0) is 4.84 Å². The van der Waals surface area contributed by atoms with Crippen LogP contribution in [0.4, 0.5) is 0 Å². The SMILES string of the molecule is C/C(=N\OC(=O)c1ccccc1)c1cc(-c2ccc(Cl)cc2)no1. The quantitative estimate of drug-likeness (QED) is 0.396. The molecule has 0 aliphatic carbocycles. The average molecular weight is 341 g/mol. The van der Waals surface area contributed by atoms with E-state index in [1.165, 1.54) is 0 Å². The molecule has 2 aromatic carbocycles. The number of halogens is 1. The first kappa shape index (κ1) is 16.0. The fourth-order valence-electron chi connectivity index (χ4n) is 1.98. The third kappa shape index (κ3) is 3.70. The predicted molar refractivity (Wildman–Crippen MR) is 91.0 cm³/mol. The lowest BCUT2D eigenvalue weighted by molar-refractivity contribution is 0.0516. The van der Waals surface area contributed by atoms with E-state index in [9.17, 15) is 4.79 Å². The van der Waals surface area contributed by atoms with Crippen molar-refractivity contribution < 1.29 is 14.2 Å². The Balaban J connectivity index is 1.72. The van der Waals surface area contributed by atoms with Gasteiger partial charge < -0.3 is 9.36 Å². The third-order valence-corrected chi connectivity index (χ3v) is 3.53. The molecule has 1 heterocycles. The van der Waals surface area contributed by atoms with E-state index in [1.807, 2.05) is 18.2 Å². The molecule has 6 heteroatoms. The molecule has 5 nitrogen and oxygen atoms in total. The Bertz CT molecular complexity index is 871. The van der Waals surface area contributed by atoms with E-state index in [0.717, 1.165) is 5.56 Å². The second kappa shape index (κ2) is 7.10. The highest BCUT2D eigenvalue weighted by atomic mass is 35.5. The second-order valence-corrected chi connectivity index (χ2v) is 5.44.